The number of rotatable bonds is 7. The zero-order valence-electron chi connectivity index (χ0n) is 12.9. The first-order valence-corrected chi connectivity index (χ1v) is 8.63. The molecule has 2 rings (SSSR count). The fourth-order valence-electron chi connectivity index (χ4n) is 1.58. The molecule has 118 valence electrons. The van der Waals surface area contributed by atoms with Crippen LogP contribution in [0.25, 0.3) is 0 Å². The third-order valence-corrected chi connectivity index (χ3v) is 3.65. The van der Waals surface area contributed by atoms with Crippen molar-refractivity contribution in [2.24, 2.45) is 0 Å². The smallest absolute Gasteiger partial charge is 0.158 e. The summed E-state index contributed by atoms with van der Waals surface area (Å²) in [5, 5.41) is 2.96. The van der Waals surface area contributed by atoms with Gasteiger partial charge in [0.1, 0.15) is 12.0 Å². The molecule has 22 heavy (non-hydrogen) atoms. The highest BCUT2D eigenvalue weighted by atomic mass is 31.2. The van der Waals surface area contributed by atoms with E-state index in [0.717, 1.165) is 12.0 Å². The summed E-state index contributed by atoms with van der Waals surface area (Å²) in [6, 6.07) is 19.7. The molecule has 0 heterocycles. The third kappa shape index (κ3) is 8.53. The first-order chi connectivity index (χ1) is 10.8. The molecule has 0 aromatic heterocycles. The molecular weight excluding hydrogens is 297 g/mol. The maximum atomic E-state index is 10.1. The van der Waals surface area contributed by atoms with Crippen molar-refractivity contribution in [2.75, 3.05) is 20.3 Å². The molecule has 0 saturated carbocycles. The standard InChI is InChI=1S/C9H12NO2P.C8H10O/c1-13(10-7-8-11)12-9-5-3-2-4-6-9;1-9-7-8-5-3-2-4-6-8/h2-6,8,10H,7H2,1H3;2-6H,7H2,1H3. The molecular formula is C17H22NO3P. The fourth-order valence-corrected chi connectivity index (χ4v) is 2.41. The average Bonchev–Trinajstić information content (AvgIpc) is 2.56. The minimum atomic E-state index is -0.744. The molecule has 0 fully saturated rings. The molecule has 0 amide bonds. The zero-order chi connectivity index (χ0) is 16.0. The van der Waals surface area contributed by atoms with E-state index >= 15 is 0 Å². The van der Waals surface area contributed by atoms with Gasteiger partial charge < -0.3 is 14.1 Å². The highest BCUT2D eigenvalue weighted by Crippen LogP contribution is 2.28. The van der Waals surface area contributed by atoms with E-state index in [0.29, 0.717) is 13.2 Å². The minimum Gasteiger partial charge on any atom is -0.459 e. The van der Waals surface area contributed by atoms with Gasteiger partial charge in [-0.1, -0.05) is 48.5 Å². The van der Waals surface area contributed by atoms with Crippen molar-refractivity contribution in [2.45, 2.75) is 6.61 Å². The van der Waals surface area contributed by atoms with E-state index in [2.05, 4.69) is 5.09 Å². The second-order valence-electron chi connectivity index (χ2n) is 4.35. The molecule has 4 nitrogen and oxygen atoms in total. The predicted molar refractivity (Wildman–Crippen MR) is 91.1 cm³/mol. The Labute approximate surface area is 133 Å². The van der Waals surface area contributed by atoms with Gasteiger partial charge in [0.2, 0.25) is 0 Å². The number of benzene rings is 2. The average molecular weight is 319 g/mol. The van der Waals surface area contributed by atoms with Crippen molar-refractivity contribution in [1.29, 1.82) is 0 Å². The highest BCUT2D eigenvalue weighted by molar-refractivity contribution is 7.49. The van der Waals surface area contributed by atoms with Crippen LogP contribution in [-0.2, 0) is 16.1 Å². The Hall–Kier alpha value is -1.74. The summed E-state index contributed by atoms with van der Waals surface area (Å²) in [5.41, 5.74) is 1.22. The van der Waals surface area contributed by atoms with Crippen LogP contribution in [0, 0.1) is 0 Å². The number of ether oxygens (including phenoxy) is 1. The van der Waals surface area contributed by atoms with Crippen molar-refractivity contribution in [3.05, 3.63) is 66.2 Å². The molecule has 2 aromatic carbocycles. The number of carbonyl (C=O) groups is 1. The molecule has 0 aliphatic rings. The van der Waals surface area contributed by atoms with Crippen molar-refractivity contribution >= 4 is 14.6 Å². The Morgan fingerprint density at radius 1 is 1.05 bits per heavy atom. The largest absolute Gasteiger partial charge is 0.459 e. The van der Waals surface area contributed by atoms with E-state index in [-0.39, 0.29) is 0 Å². The Morgan fingerprint density at radius 3 is 2.18 bits per heavy atom. The van der Waals surface area contributed by atoms with Crippen LogP contribution in [-0.4, -0.2) is 26.6 Å². The van der Waals surface area contributed by atoms with E-state index in [9.17, 15) is 4.79 Å². The topological polar surface area (TPSA) is 47.6 Å². The maximum Gasteiger partial charge on any atom is 0.158 e. The molecule has 0 radical (unpaired) electrons. The van der Waals surface area contributed by atoms with Crippen molar-refractivity contribution in [3.8, 4) is 5.75 Å². The van der Waals surface area contributed by atoms with Crippen LogP contribution in [0.2, 0.25) is 0 Å². The summed E-state index contributed by atoms with van der Waals surface area (Å²) in [6.07, 6.45) is 0.827. The van der Waals surface area contributed by atoms with Gasteiger partial charge in [-0.15, -0.1) is 0 Å². The lowest BCUT2D eigenvalue weighted by Gasteiger charge is -2.12. The molecule has 0 spiro atoms. The SMILES string of the molecule is COCc1ccccc1.CP(NCC=O)Oc1ccccc1. The highest BCUT2D eigenvalue weighted by Gasteiger charge is 2.01. The number of nitrogens with one attached hydrogen (secondary N) is 1. The van der Waals surface area contributed by atoms with Gasteiger partial charge in [-0.2, -0.15) is 0 Å². The summed E-state index contributed by atoms with van der Waals surface area (Å²) in [5.74, 6) is 0.828. The first-order valence-electron chi connectivity index (χ1n) is 6.93. The van der Waals surface area contributed by atoms with Gasteiger partial charge in [0.25, 0.3) is 0 Å². The number of carbonyl (C=O) groups excluding carboxylic acids is 1. The lowest BCUT2D eigenvalue weighted by Crippen LogP contribution is -2.11. The molecule has 0 aliphatic carbocycles. The van der Waals surface area contributed by atoms with Crippen LogP contribution in [0.3, 0.4) is 0 Å². The van der Waals surface area contributed by atoms with E-state index < -0.39 is 8.30 Å². The number of methoxy groups -OCH3 is 1. The third-order valence-electron chi connectivity index (χ3n) is 2.54. The second kappa shape index (κ2) is 11.9. The zero-order valence-corrected chi connectivity index (χ0v) is 13.8. The van der Waals surface area contributed by atoms with Gasteiger partial charge in [-0.3, -0.25) is 5.09 Å². The molecule has 2 aromatic rings. The van der Waals surface area contributed by atoms with Gasteiger partial charge in [0.15, 0.2) is 8.30 Å². The quantitative estimate of drug-likeness (QED) is 0.625. The normalized spacial score (nSPS) is 11.0. The summed E-state index contributed by atoms with van der Waals surface area (Å²) in [6.45, 7) is 2.97. The molecule has 0 bridgehead atoms. The molecule has 0 aliphatic heterocycles. The number of para-hydroxylation sites is 1. The van der Waals surface area contributed by atoms with Crippen LogP contribution < -0.4 is 9.61 Å². The van der Waals surface area contributed by atoms with Gasteiger partial charge in [0, 0.05) is 13.8 Å². The van der Waals surface area contributed by atoms with Crippen LogP contribution >= 0.6 is 8.30 Å². The van der Waals surface area contributed by atoms with E-state index in [4.69, 9.17) is 9.26 Å². The van der Waals surface area contributed by atoms with E-state index in [1.165, 1.54) is 5.56 Å². The number of aldehydes is 1. The van der Waals surface area contributed by atoms with Gasteiger partial charge in [-0.25, -0.2) is 0 Å². The predicted octanol–water partition coefficient (Wildman–Crippen LogP) is 3.63. The minimum absolute atomic E-state index is 0.342. The van der Waals surface area contributed by atoms with Crippen LogP contribution in [0.5, 0.6) is 5.75 Å². The van der Waals surface area contributed by atoms with Gasteiger partial charge in [-0.05, 0) is 17.7 Å². The number of hydrogen-bond acceptors (Lipinski definition) is 4. The lowest BCUT2D eigenvalue weighted by molar-refractivity contribution is -0.106. The molecule has 1 N–H and O–H groups in total. The Morgan fingerprint density at radius 2 is 1.64 bits per heavy atom. The lowest BCUT2D eigenvalue weighted by atomic mass is 10.2. The monoisotopic (exact) mass is 319 g/mol. The fraction of sp³-hybridized carbons (Fsp3) is 0.235. The first kappa shape index (κ1) is 18.3. The Bertz CT molecular complexity index is 508. The summed E-state index contributed by atoms with van der Waals surface area (Å²) >= 11 is 0. The number of hydrogen-bond donors (Lipinski definition) is 1. The van der Waals surface area contributed by atoms with Gasteiger partial charge >= 0.3 is 0 Å². The van der Waals surface area contributed by atoms with Crippen LogP contribution in [0.4, 0.5) is 0 Å². The second-order valence-corrected chi connectivity index (χ2v) is 5.84. The molecule has 5 heteroatoms. The van der Waals surface area contributed by atoms with Gasteiger partial charge in [0.05, 0.1) is 13.2 Å². The van der Waals surface area contributed by atoms with Crippen molar-refractivity contribution in [1.82, 2.24) is 5.09 Å². The van der Waals surface area contributed by atoms with Crippen LogP contribution in [0.1, 0.15) is 5.56 Å². The van der Waals surface area contributed by atoms with Crippen molar-refractivity contribution in [3.63, 3.8) is 0 Å². The van der Waals surface area contributed by atoms with E-state index in [1.54, 1.807) is 7.11 Å². The maximum absolute atomic E-state index is 10.1. The molecule has 1 atom stereocenters. The van der Waals surface area contributed by atoms with E-state index in [1.807, 2.05) is 67.3 Å². The van der Waals surface area contributed by atoms with Crippen LogP contribution in [0.15, 0.2) is 60.7 Å². The summed E-state index contributed by atoms with van der Waals surface area (Å²) in [7, 11) is 0.957. The molecule has 0 saturated heterocycles. The van der Waals surface area contributed by atoms with Crippen molar-refractivity contribution < 1.29 is 14.1 Å². The Balaban J connectivity index is 0.000000235. The summed E-state index contributed by atoms with van der Waals surface area (Å²) in [4.78, 5) is 10.1. The Kier molecular flexibility index (Phi) is 9.88. The summed E-state index contributed by atoms with van der Waals surface area (Å²) < 4.78 is 10.4. The molecule has 1 unspecified atom stereocenters.